The highest BCUT2D eigenvalue weighted by Crippen LogP contribution is 2.27. The number of piperidine rings is 1. The molecule has 1 aliphatic rings. The minimum atomic E-state index is -3.65. The Morgan fingerprint density at radius 1 is 1.38 bits per heavy atom. The van der Waals surface area contributed by atoms with Gasteiger partial charge in [0.25, 0.3) is 0 Å². The molecule has 1 amide bonds. The van der Waals surface area contributed by atoms with E-state index in [0.29, 0.717) is 31.0 Å². The van der Waals surface area contributed by atoms with Crippen LogP contribution >= 0.6 is 22.9 Å². The lowest BCUT2D eigenvalue weighted by Gasteiger charge is -2.31. The number of hydrogen-bond acceptors (Lipinski definition) is 4. The first kappa shape index (κ1) is 19.4. The van der Waals surface area contributed by atoms with Gasteiger partial charge in [0.15, 0.2) is 0 Å². The van der Waals surface area contributed by atoms with Crippen molar-refractivity contribution in [2.75, 3.05) is 13.1 Å². The fourth-order valence-corrected chi connectivity index (χ4v) is 5.43. The van der Waals surface area contributed by atoms with Crippen molar-refractivity contribution in [1.29, 1.82) is 0 Å². The van der Waals surface area contributed by atoms with Gasteiger partial charge in [-0.1, -0.05) is 23.7 Å². The Kier molecular flexibility index (Phi) is 6.02. The number of carbonyl (C=O) groups excluding carboxylic acids is 1. The molecule has 8 heteroatoms. The molecule has 26 heavy (non-hydrogen) atoms. The number of hydrogen-bond donors (Lipinski definition) is 1. The van der Waals surface area contributed by atoms with Crippen LogP contribution in [-0.4, -0.2) is 31.7 Å². The van der Waals surface area contributed by atoms with Crippen LogP contribution in [0, 0.1) is 12.8 Å². The van der Waals surface area contributed by atoms with Gasteiger partial charge >= 0.3 is 0 Å². The second-order valence-electron chi connectivity index (χ2n) is 6.41. The number of sulfonamides is 1. The van der Waals surface area contributed by atoms with E-state index < -0.39 is 10.0 Å². The lowest BCUT2D eigenvalue weighted by atomic mass is 9.99. The SMILES string of the molecule is Cc1ccc(S(=O)(=O)N2CCC[C@H](C(=O)NCc3cccs3)C2)cc1Cl. The third-order valence-corrected chi connectivity index (χ3v) is 7.70. The van der Waals surface area contributed by atoms with Gasteiger partial charge in [-0.05, 0) is 48.9 Å². The molecule has 1 aromatic carbocycles. The first-order chi connectivity index (χ1) is 12.4. The smallest absolute Gasteiger partial charge is 0.243 e. The quantitative estimate of drug-likeness (QED) is 0.818. The van der Waals surface area contributed by atoms with Crippen molar-refractivity contribution in [2.24, 2.45) is 5.92 Å². The summed E-state index contributed by atoms with van der Waals surface area (Å²) in [4.78, 5) is 13.7. The van der Waals surface area contributed by atoms with Crippen LogP contribution in [0.2, 0.25) is 5.02 Å². The van der Waals surface area contributed by atoms with Crippen molar-refractivity contribution in [3.05, 3.63) is 51.2 Å². The van der Waals surface area contributed by atoms with Crippen molar-refractivity contribution in [2.45, 2.75) is 31.2 Å². The predicted octanol–water partition coefficient (Wildman–Crippen LogP) is 3.43. The number of nitrogens with zero attached hydrogens (tertiary/aromatic N) is 1. The largest absolute Gasteiger partial charge is 0.351 e. The van der Waals surface area contributed by atoms with E-state index in [4.69, 9.17) is 11.6 Å². The molecule has 1 atom stereocenters. The summed E-state index contributed by atoms with van der Waals surface area (Å²) in [5, 5.41) is 5.30. The van der Waals surface area contributed by atoms with Crippen LogP contribution < -0.4 is 5.32 Å². The summed E-state index contributed by atoms with van der Waals surface area (Å²) in [5.74, 6) is -0.431. The lowest BCUT2D eigenvalue weighted by molar-refractivity contribution is -0.126. The Balaban J connectivity index is 1.68. The van der Waals surface area contributed by atoms with E-state index in [1.54, 1.807) is 23.5 Å². The Bertz CT molecular complexity index is 882. The number of carbonyl (C=O) groups is 1. The maximum Gasteiger partial charge on any atom is 0.243 e. The third kappa shape index (κ3) is 4.28. The van der Waals surface area contributed by atoms with E-state index in [0.717, 1.165) is 10.4 Å². The van der Waals surface area contributed by atoms with Crippen LogP contribution in [0.25, 0.3) is 0 Å². The van der Waals surface area contributed by atoms with Gasteiger partial charge in [-0.25, -0.2) is 8.42 Å². The van der Waals surface area contributed by atoms with E-state index in [2.05, 4.69) is 5.32 Å². The number of aryl methyl sites for hydroxylation is 1. The molecular formula is C18H21ClN2O3S2. The fourth-order valence-electron chi connectivity index (χ4n) is 2.99. The average molecular weight is 413 g/mol. The number of halogens is 1. The number of nitrogens with one attached hydrogen (secondary N) is 1. The second-order valence-corrected chi connectivity index (χ2v) is 9.79. The summed E-state index contributed by atoms with van der Waals surface area (Å²) < 4.78 is 27.2. The van der Waals surface area contributed by atoms with E-state index in [1.807, 2.05) is 24.4 Å². The molecule has 0 spiro atoms. The van der Waals surface area contributed by atoms with Gasteiger partial charge in [-0.3, -0.25) is 4.79 Å². The number of benzene rings is 1. The molecule has 0 unspecified atom stereocenters. The molecule has 0 saturated carbocycles. The van der Waals surface area contributed by atoms with Crippen LogP contribution in [0.5, 0.6) is 0 Å². The standard InChI is InChI=1S/C18H21ClN2O3S2/c1-13-6-7-16(10-17(13)19)26(23,24)21-8-2-4-14(12-21)18(22)20-11-15-5-3-9-25-15/h3,5-7,9-10,14H,2,4,8,11-12H2,1H3,(H,20,22)/t14-/m0/s1. The topological polar surface area (TPSA) is 66.5 Å². The Morgan fingerprint density at radius 2 is 2.19 bits per heavy atom. The molecule has 140 valence electrons. The highest BCUT2D eigenvalue weighted by Gasteiger charge is 2.33. The number of rotatable bonds is 5. The summed E-state index contributed by atoms with van der Waals surface area (Å²) in [6.07, 6.45) is 1.35. The highest BCUT2D eigenvalue weighted by molar-refractivity contribution is 7.89. The zero-order valence-corrected chi connectivity index (χ0v) is 16.8. The van der Waals surface area contributed by atoms with Gasteiger partial charge in [0.2, 0.25) is 15.9 Å². The lowest BCUT2D eigenvalue weighted by Crippen LogP contribution is -2.45. The maximum absolute atomic E-state index is 12.9. The molecule has 0 bridgehead atoms. The molecule has 0 radical (unpaired) electrons. The fraction of sp³-hybridized carbons (Fsp3) is 0.389. The predicted molar refractivity (Wildman–Crippen MR) is 104 cm³/mol. The van der Waals surface area contributed by atoms with E-state index in [9.17, 15) is 13.2 Å². The Hall–Kier alpha value is -1.41. The van der Waals surface area contributed by atoms with Crippen molar-refractivity contribution in [3.8, 4) is 0 Å². The second kappa shape index (κ2) is 8.08. The third-order valence-electron chi connectivity index (χ3n) is 4.55. The normalized spacial score (nSPS) is 18.6. The number of amides is 1. The summed E-state index contributed by atoms with van der Waals surface area (Å²) in [5.41, 5.74) is 0.829. The van der Waals surface area contributed by atoms with Crippen molar-refractivity contribution in [1.82, 2.24) is 9.62 Å². The Morgan fingerprint density at radius 3 is 2.88 bits per heavy atom. The maximum atomic E-state index is 12.9. The summed E-state index contributed by atoms with van der Waals surface area (Å²) in [7, 11) is -3.65. The van der Waals surface area contributed by atoms with Gasteiger partial charge in [0.05, 0.1) is 17.4 Å². The molecule has 1 saturated heterocycles. The Labute approximate surface area is 163 Å². The van der Waals surface area contributed by atoms with Crippen LogP contribution in [0.15, 0.2) is 40.6 Å². The molecule has 1 aromatic heterocycles. The highest BCUT2D eigenvalue weighted by atomic mass is 35.5. The van der Waals surface area contributed by atoms with Gasteiger partial charge in [0, 0.05) is 23.0 Å². The summed E-state index contributed by atoms with van der Waals surface area (Å²) in [6.45, 7) is 2.92. The zero-order valence-electron chi connectivity index (χ0n) is 14.4. The summed E-state index contributed by atoms with van der Waals surface area (Å²) in [6, 6.07) is 8.64. The molecule has 1 fully saturated rings. The molecule has 2 heterocycles. The van der Waals surface area contributed by atoms with Crippen molar-refractivity contribution >= 4 is 38.9 Å². The monoisotopic (exact) mass is 412 g/mol. The number of thiophene rings is 1. The van der Waals surface area contributed by atoms with E-state index >= 15 is 0 Å². The molecular weight excluding hydrogens is 392 g/mol. The van der Waals surface area contributed by atoms with Crippen LogP contribution in [0.4, 0.5) is 0 Å². The first-order valence-corrected chi connectivity index (χ1v) is 11.1. The van der Waals surface area contributed by atoms with Crippen molar-refractivity contribution < 1.29 is 13.2 Å². The molecule has 1 aliphatic heterocycles. The first-order valence-electron chi connectivity index (χ1n) is 8.44. The molecule has 2 aromatic rings. The van der Waals surface area contributed by atoms with Gasteiger partial charge in [-0.2, -0.15) is 4.31 Å². The molecule has 0 aliphatic carbocycles. The van der Waals surface area contributed by atoms with Gasteiger partial charge in [0.1, 0.15) is 0 Å². The van der Waals surface area contributed by atoms with Crippen molar-refractivity contribution in [3.63, 3.8) is 0 Å². The van der Waals surface area contributed by atoms with Crippen LogP contribution in [-0.2, 0) is 21.4 Å². The zero-order chi connectivity index (χ0) is 18.7. The van der Waals surface area contributed by atoms with Crippen LogP contribution in [0.3, 0.4) is 0 Å². The summed E-state index contributed by atoms with van der Waals surface area (Å²) >= 11 is 7.66. The average Bonchev–Trinajstić information content (AvgIpc) is 3.15. The van der Waals surface area contributed by atoms with E-state index in [1.165, 1.54) is 10.4 Å². The minimum absolute atomic E-state index is 0.0970. The molecule has 5 nitrogen and oxygen atoms in total. The van der Waals surface area contributed by atoms with E-state index in [-0.39, 0.29) is 23.3 Å². The molecule has 1 N–H and O–H groups in total. The van der Waals surface area contributed by atoms with Gasteiger partial charge < -0.3 is 5.32 Å². The van der Waals surface area contributed by atoms with Crippen LogP contribution in [0.1, 0.15) is 23.3 Å². The minimum Gasteiger partial charge on any atom is -0.351 e. The van der Waals surface area contributed by atoms with Gasteiger partial charge in [-0.15, -0.1) is 11.3 Å². The molecule has 3 rings (SSSR count).